The number of hydrogen-bond acceptors (Lipinski definition) is 4. The van der Waals surface area contributed by atoms with Crippen LogP contribution in [0.25, 0.3) is 27.5 Å². The molecular weight excluding hydrogens is 459 g/mol. The third-order valence-corrected chi connectivity index (χ3v) is 7.71. The van der Waals surface area contributed by atoms with Gasteiger partial charge in [0, 0.05) is 39.3 Å². The first-order valence-electron chi connectivity index (χ1n) is 12.2. The number of nitrogens with zero attached hydrogens (tertiary/aromatic N) is 2. The average molecular weight is 474 g/mol. The van der Waals surface area contributed by atoms with Crippen molar-refractivity contribution < 1.29 is 14.2 Å². The van der Waals surface area contributed by atoms with Crippen LogP contribution in [0.5, 0.6) is 34.5 Å². The molecule has 0 N–H and O–H groups in total. The summed E-state index contributed by atoms with van der Waals surface area (Å²) in [6.45, 7) is -0.0857. The van der Waals surface area contributed by atoms with Crippen LogP contribution < -0.4 is 30.6 Å². The van der Waals surface area contributed by atoms with E-state index in [0.29, 0.717) is 17.1 Å². The molecule has 9 rings (SSSR count). The van der Waals surface area contributed by atoms with Gasteiger partial charge in [0.2, 0.25) is 0 Å². The van der Waals surface area contributed by atoms with E-state index in [0.717, 1.165) is 56.1 Å². The topological polar surface area (TPSA) is 56.4 Å². The van der Waals surface area contributed by atoms with E-state index in [1.165, 1.54) is 10.8 Å². The van der Waals surface area contributed by atoms with E-state index in [1.807, 2.05) is 18.2 Å². The average Bonchev–Trinajstić information content (AvgIpc) is 3.27. The van der Waals surface area contributed by atoms with Gasteiger partial charge in [-0.15, -0.1) is 0 Å². The summed E-state index contributed by atoms with van der Waals surface area (Å²) in [5.74, 6) is 4.35. The molecule has 0 bridgehead atoms. The lowest BCUT2D eigenvalue weighted by molar-refractivity contribution is 0.442. The SMILES string of the molecule is N#Cc1cc2c3c(c1)Oc1cc(-n4c5ccccc5c5ccccc54)cc4c1B3c1c(cccc1O4)O2. The van der Waals surface area contributed by atoms with Crippen molar-refractivity contribution in [2.45, 2.75) is 0 Å². The summed E-state index contributed by atoms with van der Waals surface area (Å²) in [6, 6.07) is 32.8. The van der Waals surface area contributed by atoms with Gasteiger partial charge in [0.25, 0.3) is 6.71 Å². The standard InChI is InChI=1S/C31H15BN2O3/c33-16-17-12-25-30-26(13-17)37-28-15-18(34-21-8-3-1-6-19(21)20-7-2-4-9-22(20)34)14-27-31(28)32(30)29-23(35-25)10-5-11-24(29)36-27/h1-15H. The molecule has 0 fully saturated rings. The summed E-state index contributed by atoms with van der Waals surface area (Å²) in [5, 5.41) is 12.1. The number of benzene rings is 5. The van der Waals surface area contributed by atoms with Crippen LogP contribution in [0.4, 0.5) is 0 Å². The first-order chi connectivity index (χ1) is 18.3. The molecule has 0 aliphatic carbocycles. The molecule has 0 unspecified atom stereocenters. The second-order valence-electron chi connectivity index (χ2n) is 9.63. The van der Waals surface area contributed by atoms with Gasteiger partial charge < -0.3 is 18.8 Å². The third-order valence-electron chi connectivity index (χ3n) is 7.71. The summed E-state index contributed by atoms with van der Waals surface area (Å²) < 4.78 is 21.6. The summed E-state index contributed by atoms with van der Waals surface area (Å²) in [5.41, 5.74) is 6.63. The number of nitriles is 1. The predicted molar refractivity (Wildman–Crippen MR) is 143 cm³/mol. The molecule has 4 heterocycles. The van der Waals surface area contributed by atoms with E-state index >= 15 is 0 Å². The van der Waals surface area contributed by atoms with E-state index in [2.05, 4.69) is 71.3 Å². The summed E-state index contributed by atoms with van der Waals surface area (Å²) in [6.07, 6.45) is 0. The van der Waals surface area contributed by atoms with Gasteiger partial charge in [0.15, 0.2) is 0 Å². The lowest BCUT2D eigenvalue weighted by Crippen LogP contribution is -2.59. The van der Waals surface area contributed by atoms with Crippen molar-refractivity contribution >= 4 is 44.9 Å². The first-order valence-corrected chi connectivity index (χ1v) is 12.2. The number of ether oxygens (including phenoxy) is 3. The highest BCUT2D eigenvalue weighted by atomic mass is 16.5. The highest BCUT2D eigenvalue weighted by molar-refractivity contribution is 6.99. The van der Waals surface area contributed by atoms with Gasteiger partial charge in [0.05, 0.1) is 28.4 Å². The van der Waals surface area contributed by atoms with E-state index in [-0.39, 0.29) is 6.71 Å². The highest BCUT2D eigenvalue weighted by Crippen LogP contribution is 2.43. The molecule has 0 saturated heterocycles. The molecule has 37 heavy (non-hydrogen) atoms. The zero-order valence-corrected chi connectivity index (χ0v) is 19.4. The maximum absolute atomic E-state index is 9.67. The monoisotopic (exact) mass is 474 g/mol. The Morgan fingerprint density at radius 3 is 1.62 bits per heavy atom. The Kier molecular flexibility index (Phi) is 3.37. The smallest absolute Gasteiger partial charge is 0.270 e. The Morgan fingerprint density at radius 2 is 1.05 bits per heavy atom. The first kappa shape index (κ1) is 19.1. The second-order valence-corrected chi connectivity index (χ2v) is 9.63. The molecule has 0 amide bonds. The van der Waals surface area contributed by atoms with Gasteiger partial charge in [0.1, 0.15) is 34.5 Å². The van der Waals surface area contributed by atoms with Crippen LogP contribution in [-0.2, 0) is 0 Å². The van der Waals surface area contributed by atoms with Crippen LogP contribution in [0.1, 0.15) is 5.56 Å². The predicted octanol–water partition coefficient (Wildman–Crippen LogP) is 5.49. The van der Waals surface area contributed by atoms with Crippen molar-refractivity contribution in [2.75, 3.05) is 0 Å². The molecule has 1 aromatic heterocycles. The van der Waals surface area contributed by atoms with E-state index in [1.54, 1.807) is 12.1 Å². The summed E-state index contributed by atoms with van der Waals surface area (Å²) in [4.78, 5) is 0. The van der Waals surface area contributed by atoms with Crippen LogP contribution in [0.15, 0.2) is 91.0 Å². The quantitative estimate of drug-likeness (QED) is 0.296. The molecule has 0 atom stereocenters. The van der Waals surface area contributed by atoms with Crippen LogP contribution in [0.3, 0.4) is 0 Å². The zero-order valence-electron chi connectivity index (χ0n) is 19.4. The Hall–Kier alpha value is -5.15. The molecule has 0 spiro atoms. The number of aromatic nitrogens is 1. The highest BCUT2D eigenvalue weighted by Gasteiger charge is 2.46. The molecule has 0 saturated carbocycles. The molecule has 170 valence electrons. The molecule has 3 aliphatic rings. The van der Waals surface area contributed by atoms with Crippen molar-refractivity contribution in [3.63, 3.8) is 0 Å². The van der Waals surface area contributed by atoms with Gasteiger partial charge >= 0.3 is 0 Å². The Bertz CT molecular complexity index is 2000. The number of fused-ring (bicyclic) bond motifs is 3. The molecule has 0 radical (unpaired) electrons. The van der Waals surface area contributed by atoms with E-state index in [9.17, 15) is 5.26 Å². The molecule has 5 nitrogen and oxygen atoms in total. The van der Waals surface area contributed by atoms with Crippen molar-refractivity contribution in [1.82, 2.24) is 4.57 Å². The van der Waals surface area contributed by atoms with Crippen molar-refractivity contribution in [3.05, 3.63) is 96.6 Å². The minimum absolute atomic E-state index is 0.0857. The zero-order chi connectivity index (χ0) is 24.2. The maximum Gasteiger partial charge on any atom is 0.270 e. The minimum Gasteiger partial charge on any atom is -0.458 e. The van der Waals surface area contributed by atoms with E-state index < -0.39 is 0 Å². The van der Waals surface area contributed by atoms with Crippen LogP contribution in [0.2, 0.25) is 0 Å². The molecular formula is C31H15BN2O3. The van der Waals surface area contributed by atoms with Gasteiger partial charge in [-0.25, -0.2) is 0 Å². The largest absolute Gasteiger partial charge is 0.458 e. The van der Waals surface area contributed by atoms with Crippen LogP contribution >= 0.6 is 0 Å². The lowest BCUT2D eigenvalue weighted by atomic mass is 9.34. The molecule has 3 aliphatic heterocycles. The number of rotatable bonds is 1. The Labute approximate surface area is 211 Å². The van der Waals surface area contributed by atoms with Crippen molar-refractivity contribution in [1.29, 1.82) is 5.26 Å². The fourth-order valence-electron chi connectivity index (χ4n) is 6.26. The molecule has 5 aromatic carbocycles. The molecule has 6 aromatic rings. The van der Waals surface area contributed by atoms with Gasteiger partial charge in [-0.2, -0.15) is 5.26 Å². The third kappa shape index (κ3) is 2.34. The number of hydrogen-bond donors (Lipinski definition) is 0. The maximum atomic E-state index is 9.67. The van der Waals surface area contributed by atoms with E-state index in [4.69, 9.17) is 14.2 Å². The fraction of sp³-hybridized carbons (Fsp3) is 0. The normalized spacial score (nSPS) is 13.4. The molecule has 6 heteroatoms. The van der Waals surface area contributed by atoms with Crippen LogP contribution in [0, 0.1) is 11.3 Å². The van der Waals surface area contributed by atoms with Gasteiger partial charge in [-0.3, -0.25) is 0 Å². The van der Waals surface area contributed by atoms with Crippen molar-refractivity contribution in [3.8, 4) is 46.3 Å². The van der Waals surface area contributed by atoms with Gasteiger partial charge in [-0.05, 0) is 36.4 Å². The Morgan fingerprint density at radius 1 is 0.568 bits per heavy atom. The fourth-order valence-corrected chi connectivity index (χ4v) is 6.26. The minimum atomic E-state index is -0.0857. The van der Waals surface area contributed by atoms with Crippen molar-refractivity contribution in [2.24, 2.45) is 0 Å². The number of para-hydroxylation sites is 2. The Balaban J connectivity index is 1.37. The summed E-state index contributed by atoms with van der Waals surface area (Å²) in [7, 11) is 0. The second kappa shape index (κ2) is 6.54. The van der Waals surface area contributed by atoms with Crippen LogP contribution in [-0.4, -0.2) is 11.3 Å². The lowest BCUT2D eigenvalue weighted by Gasteiger charge is -2.37. The summed E-state index contributed by atoms with van der Waals surface area (Å²) >= 11 is 0. The van der Waals surface area contributed by atoms with Gasteiger partial charge in [-0.1, -0.05) is 42.5 Å².